The zero-order valence-corrected chi connectivity index (χ0v) is 15.5. The molecular formula is C24H23NO2. The Morgan fingerprint density at radius 2 is 2.00 bits per heavy atom. The molecule has 0 aliphatic rings. The molecule has 2 aromatic carbocycles. The molecule has 0 amide bonds. The van der Waals surface area contributed by atoms with Crippen LogP contribution in [-0.2, 0) is 6.42 Å². The summed E-state index contributed by atoms with van der Waals surface area (Å²) in [6, 6.07) is 13.5. The van der Waals surface area contributed by atoms with Gasteiger partial charge in [0.15, 0.2) is 0 Å². The summed E-state index contributed by atoms with van der Waals surface area (Å²) in [6.07, 6.45) is 3.82. The number of unbranched alkanes of at least 4 members (excludes halogenated alkanes) is 1. The summed E-state index contributed by atoms with van der Waals surface area (Å²) in [4.78, 5) is 11.2. The van der Waals surface area contributed by atoms with Gasteiger partial charge in [0.25, 0.3) is 0 Å². The number of carbonyl (C=O) groups excluding carboxylic acids is 1. The first kappa shape index (κ1) is 18.7. The molecule has 0 spiro atoms. The SMILES string of the molecule is C=C(c1ccc(C#CCN)cc1)c1c(CCCC)oc2ccc(C=O)cc12. The molecule has 0 saturated heterocycles. The lowest BCUT2D eigenvalue weighted by atomic mass is 9.94. The molecule has 0 saturated carbocycles. The Balaban J connectivity index is 2.07. The third kappa shape index (κ3) is 4.02. The Labute approximate surface area is 159 Å². The molecule has 0 atom stereocenters. The van der Waals surface area contributed by atoms with E-state index in [2.05, 4.69) is 25.3 Å². The van der Waals surface area contributed by atoms with Crippen LogP contribution in [-0.4, -0.2) is 12.8 Å². The molecule has 3 heteroatoms. The Hall–Kier alpha value is -3.09. The van der Waals surface area contributed by atoms with E-state index < -0.39 is 0 Å². The number of hydrogen-bond donors (Lipinski definition) is 1. The van der Waals surface area contributed by atoms with E-state index in [1.54, 1.807) is 6.07 Å². The van der Waals surface area contributed by atoms with E-state index in [9.17, 15) is 4.79 Å². The fraction of sp³-hybridized carbons (Fsp3) is 0.208. The van der Waals surface area contributed by atoms with E-state index in [0.29, 0.717) is 12.1 Å². The topological polar surface area (TPSA) is 56.2 Å². The minimum absolute atomic E-state index is 0.343. The van der Waals surface area contributed by atoms with Gasteiger partial charge < -0.3 is 10.2 Å². The van der Waals surface area contributed by atoms with E-state index in [0.717, 1.165) is 64.5 Å². The van der Waals surface area contributed by atoms with Crippen LogP contribution in [0, 0.1) is 11.8 Å². The monoisotopic (exact) mass is 357 g/mol. The number of aryl methyl sites for hydroxylation is 1. The van der Waals surface area contributed by atoms with Crippen LogP contribution in [0.1, 0.15) is 52.6 Å². The Kier molecular flexibility index (Phi) is 5.90. The van der Waals surface area contributed by atoms with E-state index in [1.165, 1.54) is 0 Å². The van der Waals surface area contributed by atoms with Gasteiger partial charge in [-0.3, -0.25) is 4.79 Å². The standard InChI is InChI=1S/C24H23NO2/c1-3-4-7-23-24(21-15-19(16-26)10-13-22(21)27-23)17(2)20-11-8-18(9-12-20)6-5-14-25/h8-13,15-16H,2-4,7,14,25H2,1H3. The van der Waals surface area contributed by atoms with Gasteiger partial charge in [-0.05, 0) is 47.9 Å². The highest BCUT2D eigenvalue weighted by Crippen LogP contribution is 2.35. The minimum atomic E-state index is 0.343. The Bertz CT molecular complexity index is 1030. The second-order valence-corrected chi connectivity index (χ2v) is 6.44. The number of benzene rings is 2. The number of furan rings is 1. The molecule has 0 aliphatic carbocycles. The molecule has 2 N–H and O–H groups in total. The predicted molar refractivity (Wildman–Crippen MR) is 111 cm³/mol. The van der Waals surface area contributed by atoms with Gasteiger partial charge in [-0.2, -0.15) is 0 Å². The molecule has 0 aliphatic heterocycles. The number of hydrogen-bond acceptors (Lipinski definition) is 3. The first-order valence-electron chi connectivity index (χ1n) is 9.17. The number of rotatable bonds is 6. The molecule has 3 nitrogen and oxygen atoms in total. The summed E-state index contributed by atoms with van der Waals surface area (Å²) < 4.78 is 6.11. The van der Waals surface area contributed by atoms with Gasteiger partial charge in [0.05, 0.1) is 6.54 Å². The average molecular weight is 357 g/mol. The van der Waals surface area contributed by atoms with Crippen LogP contribution in [0.5, 0.6) is 0 Å². The zero-order valence-electron chi connectivity index (χ0n) is 15.5. The largest absolute Gasteiger partial charge is 0.460 e. The van der Waals surface area contributed by atoms with Crippen molar-refractivity contribution >= 4 is 22.8 Å². The van der Waals surface area contributed by atoms with Gasteiger partial charge in [-0.25, -0.2) is 0 Å². The van der Waals surface area contributed by atoms with E-state index in [1.807, 2.05) is 36.4 Å². The molecule has 3 rings (SSSR count). The van der Waals surface area contributed by atoms with Crippen molar-refractivity contribution in [2.24, 2.45) is 5.73 Å². The maximum absolute atomic E-state index is 11.2. The van der Waals surface area contributed by atoms with Gasteiger partial charge in [0.1, 0.15) is 17.6 Å². The van der Waals surface area contributed by atoms with Crippen molar-refractivity contribution in [2.45, 2.75) is 26.2 Å². The number of fused-ring (bicyclic) bond motifs is 1. The van der Waals surface area contributed by atoms with E-state index in [4.69, 9.17) is 10.2 Å². The van der Waals surface area contributed by atoms with Gasteiger partial charge in [-0.15, -0.1) is 0 Å². The van der Waals surface area contributed by atoms with Crippen LogP contribution < -0.4 is 5.73 Å². The molecule has 0 bridgehead atoms. The van der Waals surface area contributed by atoms with E-state index >= 15 is 0 Å². The van der Waals surface area contributed by atoms with Crippen LogP contribution in [0.2, 0.25) is 0 Å². The minimum Gasteiger partial charge on any atom is -0.460 e. The summed E-state index contributed by atoms with van der Waals surface area (Å²) in [6.45, 7) is 6.83. The molecular weight excluding hydrogens is 334 g/mol. The van der Waals surface area contributed by atoms with Crippen LogP contribution >= 0.6 is 0 Å². The van der Waals surface area contributed by atoms with Gasteiger partial charge in [-0.1, -0.05) is 43.9 Å². The van der Waals surface area contributed by atoms with Gasteiger partial charge in [0, 0.05) is 28.5 Å². The molecule has 0 radical (unpaired) electrons. The number of nitrogens with two attached hydrogens (primary N) is 1. The van der Waals surface area contributed by atoms with Crippen molar-refractivity contribution in [1.29, 1.82) is 0 Å². The molecule has 0 unspecified atom stereocenters. The van der Waals surface area contributed by atoms with Crippen LogP contribution in [0.25, 0.3) is 16.5 Å². The van der Waals surface area contributed by atoms with Crippen LogP contribution in [0.4, 0.5) is 0 Å². The van der Waals surface area contributed by atoms with Crippen molar-refractivity contribution < 1.29 is 9.21 Å². The first-order valence-corrected chi connectivity index (χ1v) is 9.17. The normalized spacial score (nSPS) is 10.4. The molecule has 3 aromatic rings. The van der Waals surface area contributed by atoms with Crippen molar-refractivity contribution in [2.75, 3.05) is 6.54 Å². The summed E-state index contributed by atoms with van der Waals surface area (Å²) >= 11 is 0. The second kappa shape index (κ2) is 8.53. The Morgan fingerprint density at radius 1 is 1.22 bits per heavy atom. The highest BCUT2D eigenvalue weighted by atomic mass is 16.3. The first-order chi connectivity index (χ1) is 13.2. The highest BCUT2D eigenvalue weighted by molar-refractivity contribution is 5.98. The fourth-order valence-corrected chi connectivity index (χ4v) is 3.14. The quantitative estimate of drug-likeness (QED) is 0.501. The zero-order chi connectivity index (χ0) is 19.2. The lowest BCUT2D eigenvalue weighted by Gasteiger charge is -2.08. The lowest BCUT2D eigenvalue weighted by molar-refractivity contribution is 0.112. The molecule has 27 heavy (non-hydrogen) atoms. The van der Waals surface area contributed by atoms with Crippen LogP contribution in [0.3, 0.4) is 0 Å². The Morgan fingerprint density at radius 3 is 2.67 bits per heavy atom. The van der Waals surface area contributed by atoms with E-state index in [-0.39, 0.29) is 0 Å². The average Bonchev–Trinajstić information content (AvgIpc) is 3.07. The van der Waals surface area contributed by atoms with Crippen molar-refractivity contribution in [1.82, 2.24) is 0 Å². The molecule has 0 fully saturated rings. The summed E-state index contributed by atoms with van der Waals surface area (Å²) in [7, 11) is 0. The van der Waals surface area contributed by atoms with Crippen LogP contribution in [0.15, 0.2) is 53.5 Å². The second-order valence-electron chi connectivity index (χ2n) is 6.44. The van der Waals surface area contributed by atoms with Crippen molar-refractivity contribution in [3.63, 3.8) is 0 Å². The smallest absolute Gasteiger partial charge is 0.150 e. The number of carbonyl (C=O) groups is 1. The lowest BCUT2D eigenvalue weighted by Crippen LogP contribution is -1.94. The van der Waals surface area contributed by atoms with Crippen molar-refractivity contribution in [3.8, 4) is 11.8 Å². The predicted octanol–water partition coefficient (Wildman–Crippen LogP) is 4.96. The summed E-state index contributed by atoms with van der Waals surface area (Å²) in [5.74, 6) is 6.81. The molecule has 1 aromatic heterocycles. The number of aldehydes is 1. The van der Waals surface area contributed by atoms with Gasteiger partial charge >= 0.3 is 0 Å². The third-order valence-electron chi connectivity index (χ3n) is 4.55. The highest BCUT2D eigenvalue weighted by Gasteiger charge is 2.18. The maximum Gasteiger partial charge on any atom is 0.150 e. The van der Waals surface area contributed by atoms with Crippen molar-refractivity contribution in [3.05, 3.63) is 77.1 Å². The molecule has 1 heterocycles. The third-order valence-corrected chi connectivity index (χ3v) is 4.55. The maximum atomic E-state index is 11.2. The fourth-order valence-electron chi connectivity index (χ4n) is 3.14. The molecule has 136 valence electrons. The summed E-state index contributed by atoms with van der Waals surface area (Å²) in [5.41, 5.74) is 10.6. The van der Waals surface area contributed by atoms with Gasteiger partial charge in [0.2, 0.25) is 0 Å². The summed E-state index contributed by atoms with van der Waals surface area (Å²) in [5, 5.41) is 0.933.